The molecule has 0 aliphatic heterocycles. The third-order valence-electron chi connectivity index (χ3n) is 3.67. The van der Waals surface area contributed by atoms with Crippen molar-refractivity contribution in [2.75, 3.05) is 0 Å². The summed E-state index contributed by atoms with van der Waals surface area (Å²) in [6, 6.07) is 7.96. The zero-order chi connectivity index (χ0) is 19.1. The fourth-order valence-corrected chi connectivity index (χ4v) is 3.65. The van der Waals surface area contributed by atoms with Gasteiger partial charge in [-0.15, -0.1) is 0 Å². The Hall–Kier alpha value is -2.72. The summed E-state index contributed by atoms with van der Waals surface area (Å²) in [5, 5.41) is 11.1. The molecule has 1 aromatic heterocycles. The lowest BCUT2D eigenvalue weighted by Gasteiger charge is -2.19. The van der Waals surface area contributed by atoms with Crippen LogP contribution in [0, 0.1) is 5.82 Å². The molecule has 3 rings (SSSR count). The number of alkyl halides is 3. The van der Waals surface area contributed by atoms with E-state index < -0.39 is 38.0 Å². The Balaban J connectivity index is 2.43. The normalized spacial score (nSPS) is 12.3. The highest BCUT2D eigenvalue weighted by molar-refractivity contribution is 7.89. The molecule has 0 bridgehead atoms. The fourth-order valence-electron chi connectivity index (χ4n) is 2.65. The molecule has 0 radical (unpaired) electrons. The summed E-state index contributed by atoms with van der Waals surface area (Å²) in [6.07, 6.45) is -3.78. The standard InChI is InChI=1S/C16H11F4N3O2S/c17-10-3-1-9(2-4-10)11-5-6-12(13-7-8-22-23-13)14(16(18,19)20)15(11)26(21,24)25/h1-8H,(H,22,23)(H2,21,24,25). The van der Waals surface area contributed by atoms with Crippen molar-refractivity contribution in [3.63, 3.8) is 0 Å². The van der Waals surface area contributed by atoms with Crippen LogP contribution in [-0.2, 0) is 16.2 Å². The third kappa shape index (κ3) is 3.33. The van der Waals surface area contributed by atoms with Crippen LogP contribution in [0.4, 0.5) is 17.6 Å². The number of nitrogens with two attached hydrogens (primary N) is 1. The number of rotatable bonds is 3. The third-order valence-corrected chi connectivity index (χ3v) is 4.66. The lowest BCUT2D eigenvalue weighted by Crippen LogP contribution is -2.21. The smallest absolute Gasteiger partial charge is 0.278 e. The summed E-state index contributed by atoms with van der Waals surface area (Å²) in [5.41, 5.74) is -2.04. The van der Waals surface area contributed by atoms with Crippen molar-refractivity contribution in [2.24, 2.45) is 5.14 Å². The van der Waals surface area contributed by atoms with E-state index in [0.29, 0.717) is 0 Å². The number of aromatic amines is 1. The Morgan fingerprint density at radius 3 is 2.08 bits per heavy atom. The summed E-state index contributed by atoms with van der Waals surface area (Å²) < 4.78 is 78.6. The van der Waals surface area contributed by atoms with Gasteiger partial charge in [-0.05, 0) is 23.8 Å². The van der Waals surface area contributed by atoms with Gasteiger partial charge in [-0.2, -0.15) is 18.3 Å². The number of halogens is 4. The highest BCUT2D eigenvalue weighted by atomic mass is 32.2. The lowest BCUT2D eigenvalue weighted by molar-refractivity contribution is -0.139. The summed E-state index contributed by atoms with van der Waals surface area (Å²) in [7, 11) is -4.77. The van der Waals surface area contributed by atoms with Gasteiger partial charge in [0, 0.05) is 17.3 Å². The van der Waals surface area contributed by atoms with Crippen LogP contribution in [0.15, 0.2) is 53.6 Å². The van der Waals surface area contributed by atoms with Gasteiger partial charge in [-0.25, -0.2) is 17.9 Å². The van der Waals surface area contributed by atoms with Gasteiger partial charge in [0.15, 0.2) is 0 Å². The van der Waals surface area contributed by atoms with E-state index in [4.69, 9.17) is 5.14 Å². The molecule has 3 aromatic rings. The molecule has 0 unspecified atom stereocenters. The van der Waals surface area contributed by atoms with Gasteiger partial charge in [-0.3, -0.25) is 5.10 Å². The van der Waals surface area contributed by atoms with E-state index in [9.17, 15) is 26.0 Å². The number of sulfonamides is 1. The summed E-state index contributed by atoms with van der Waals surface area (Å²) in [6.45, 7) is 0. The first kappa shape index (κ1) is 18.1. The molecule has 0 saturated heterocycles. The first-order chi connectivity index (χ1) is 12.1. The number of hydrogen-bond donors (Lipinski definition) is 2. The molecule has 0 atom stereocenters. The van der Waals surface area contributed by atoms with Gasteiger partial charge >= 0.3 is 6.18 Å². The highest BCUT2D eigenvalue weighted by Gasteiger charge is 2.41. The molecule has 136 valence electrons. The molecule has 2 aromatic carbocycles. The van der Waals surface area contributed by atoms with Gasteiger partial charge in [0.05, 0.1) is 11.3 Å². The number of benzene rings is 2. The van der Waals surface area contributed by atoms with Gasteiger partial charge in [-0.1, -0.05) is 24.3 Å². The highest BCUT2D eigenvalue weighted by Crippen LogP contribution is 2.44. The van der Waals surface area contributed by atoms with Gasteiger partial charge in [0.2, 0.25) is 10.0 Å². The number of nitrogens with one attached hydrogen (secondary N) is 1. The van der Waals surface area contributed by atoms with E-state index in [1.165, 1.54) is 30.5 Å². The number of hydrogen-bond acceptors (Lipinski definition) is 3. The van der Waals surface area contributed by atoms with E-state index in [1.54, 1.807) is 0 Å². The molecular weight excluding hydrogens is 374 g/mol. The van der Waals surface area contributed by atoms with Crippen molar-refractivity contribution in [1.82, 2.24) is 10.2 Å². The van der Waals surface area contributed by atoms with Crippen molar-refractivity contribution in [2.45, 2.75) is 11.1 Å². The summed E-state index contributed by atoms with van der Waals surface area (Å²) in [4.78, 5) is -1.08. The minimum Gasteiger partial charge on any atom is -0.278 e. The molecule has 5 nitrogen and oxygen atoms in total. The number of H-pyrrole nitrogens is 1. The van der Waals surface area contributed by atoms with E-state index >= 15 is 0 Å². The lowest BCUT2D eigenvalue weighted by atomic mass is 9.97. The number of nitrogens with zero attached hydrogens (tertiary/aromatic N) is 1. The minimum absolute atomic E-state index is 0.0205. The topological polar surface area (TPSA) is 88.8 Å². The van der Waals surface area contributed by atoms with Crippen LogP contribution >= 0.6 is 0 Å². The van der Waals surface area contributed by atoms with E-state index in [2.05, 4.69) is 10.2 Å². The minimum atomic E-state index is -5.02. The maximum atomic E-state index is 13.8. The second-order valence-corrected chi connectivity index (χ2v) is 6.88. The average Bonchev–Trinajstić information content (AvgIpc) is 3.07. The molecule has 0 spiro atoms. The predicted octanol–water partition coefficient (Wildman–Crippen LogP) is 3.55. The maximum Gasteiger partial charge on any atom is 0.418 e. The molecule has 10 heteroatoms. The van der Waals surface area contributed by atoms with Crippen LogP contribution in [0.2, 0.25) is 0 Å². The second-order valence-electron chi connectivity index (χ2n) is 5.38. The zero-order valence-electron chi connectivity index (χ0n) is 12.9. The second kappa shape index (κ2) is 6.22. The van der Waals surface area contributed by atoms with Crippen molar-refractivity contribution in [1.29, 1.82) is 0 Å². The van der Waals surface area contributed by atoms with Crippen LogP contribution in [-0.4, -0.2) is 18.6 Å². The molecular formula is C16H11F4N3O2S. The molecule has 1 heterocycles. The van der Waals surface area contributed by atoms with Gasteiger partial charge in [0.25, 0.3) is 0 Å². The van der Waals surface area contributed by atoms with E-state index in [0.717, 1.165) is 18.2 Å². The van der Waals surface area contributed by atoms with Crippen LogP contribution in [0.3, 0.4) is 0 Å². The Morgan fingerprint density at radius 2 is 1.58 bits per heavy atom. The average molecular weight is 385 g/mol. The first-order valence-electron chi connectivity index (χ1n) is 7.11. The van der Waals surface area contributed by atoms with E-state index in [-0.39, 0.29) is 16.8 Å². The van der Waals surface area contributed by atoms with Crippen LogP contribution in [0.1, 0.15) is 5.56 Å². The summed E-state index contributed by atoms with van der Waals surface area (Å²) in [5.74, 6) is -0.615. The van der Waals surface area contributed by atoms with Gasteiger partial charge in [0.1, 0.15) is 10.7 Å². The molecule has 0 aliphatic carbocycles. The molecule has 3 N–H and O–H groups in total. The Morgan fingerprint density at radius 1 is 0.962 bits per heavy atom. The number of aromatic nitrogens is 2. The van der Waals surface area contributed by atoms with Crippen LogP contribution in [0.25, 0.3) is 22.4 Å². The molecule has 0 aliphatic rings. The van der Waals surface area contributed by atoms with Crippen LogP contribution in [0.5, 0.6) is 0 Å². The Labute approximate surface area is 145 Å². The molecule has 26 heavy (non-hydrogen) atoms. The predicted molar refractivity (Wildman–Crippen MR) is 85.8 cm³/mol. The fraction of sp³-hybridized carbons (Fsp3) is 0.0625. The Kier molecular flexibility index (Phi) is 4.32. The quantitative estimate of drug-likeness (QED) is 0.676. The van der Waals surface area contributed by atoms with Crippen molar-refractivity contribution >= 4 is 10.0 Å². The molecule has 0 saturated carbocycles. The van der Waals surface area contributed by atoms with Crippen LogP contribution < -0.4 is 5.14 Å². The van der Waals surface area contributed by atoms with Crippen molar-refractivity contribution in [3.05, 3.63) is 60.0 Å². The summed E-state index contributed by atoms with van der Waals surface area (Å²) >= 11 is 0. The largest absolute Gasteiger partial charge is 0.418 e. The van der Waals surface area contributed by atoms with Gasteiger partial charge < -0.3 is 0 Å². The SMILES string of the molecule is NS(=O)(=O)c1c(-c2ccc(F)cc2)ccc(-c2ccn[nH]2)c1C(F)(F)F. The van der Waals surface area contributed by atoms with E-state index in [1.807, 2.05) is 0 Å². The molecule has 0 amide bonds. The van der Waals surface area contributed by atoms with Crippen molar-refractivity contribution < 1.29 is 26.0 Å². The Bertz CT molecular complexity index is 1040. The monoisotopic (exact) mass is 385 g/mol. The van der Waals surface area contributed by atoms with Crippen molar-refractivity contribution in [3.8, 4) is 22.4 Å². The number of primary sulfonamides is 1. The maximum absolute atomic E-state index is 13.8. The zero-order valence-corrected chi connectivity index (χ0v) is 13.7. The first-order valence-corrected chi connectivity index (χ1v) is 8.66. The molecule has 0 fully saturated rings.